The molecule has 2 unspecified atom stereocenters. The van der Waals surface area contributed by atoms with E-state index < -0.39 is 24.1 Å². The second-order valence-corrected chi connectivity index (χ2v) is 4.69. The number of β-amino-alcohol motifs (C(OH)–C–C–N with tert-alkyl or cyclic N) is 1. The average Bonchev–Trinajstić information content (AvgIpc) is 2.80. The first kappa shape index (κ1) is 14.3. The van der Waals surface area contributed by atoms with Crippen LogP contribution in [0, 0.1) is 6.92 Å². The topological polar surface area (TPSA) is 100.0 Å². The molecule has 0 bridgehead atoms. The highest BCUT2D eigenvalue weighted by Gasteiger charge is 2.36. The first-order chi connectivity index (χ1) is 9.43. The standard InChI is InChI=1S/C13H16N2O5/c1-7-9(13(19)20-2)3-4-11(14-7)15-6-8(16)5-10(15)12(17)18/h3-4,8,10,16H,5-6H2,1-2H3,(H,17,18). The molecule has 7 nitrogen and oxygen atoms in total. The van der Waals surface area contributed by atoms with Crippen LogP contribution in [0.3, 0.4) is 0 Å². The number of hydrogen-bond acceptors (Lipinski definition) is 6. The van der Waals surface area contributed by atoms with Gasteiger partial charge in [-0.25, -0.2) is 14.6 Å². The van der Waals surface area contributed by atoms with Gasteiger partial charge in [0, 0.05) is 13.0 Å². The van der Waals surface area contributed by atoms with Crippen molar-refractivity contribution in [2.75, 3.05) is 18.6 Å². The predicted octanol–water partition coefficient (Wildman–Crippen LogP) is 0.201. The smallest absolute Gasteiger partial charge is 0.339 e. The van der Waals surface area contributed by atoms with Gasteiger partial charge in [-0.15, -0.1) is 0 Å². The number of aromatic nitrogens is 1. The molecule has 2 atom stereocenters. The fourth-order valence-corrected chi connectivity index (χ4v) is 2.33. The van der Waals surface area contributed by atoms with E-state index >= 15 is 0 Å². The molecule has 0 aliphatic carbocycles. The lowest BCUT2D eigenvalue weighted by Crippen LogP contribution is -2.36. The molecule has 20 heavy (non-hydrogen) atoms. The minimum atomic E-state index is -1.00. The lowest BCUT2D eigenvalue weighted by atomic mass is 10.2. The van der Waals surface area contributed by atoms with E-state index in [9.17, 15) is 14.7 Å². The van der Waals surface area contributed by atoms with Gasteiger partial charge in [-0.1, -0.05) is 0 Å². The third-order valence-corrected chi connectivity index (χ3v) is 3.33. The van der Waals surface area contributed by atoms with E-state index in [4.69, 9.17) is 5.11 Å². The largest absolute Gasteiger partial charge is 0.480 e. The second-order valence-electron chi connectivity index (χ2n) is 4.69. The molecular weight excluding hydrogens is 264 g/mol. The number of carbonyl (C=O) groups is 2. The maximum Gasteiger partial charge on any atom is 0.339 e. The highest BCUT2D eigenvalue weighted by molar-refractivity contribution is 5.90. The van der Waals surface area contributed by atoms with E-state index in [0.717, 1.165) is 0 Å². The van der Waals surface area contributed by atoms with Crippen LogP contribution in [0.2, 0.25) is 0 Å². The molecule has 0 amide bonds. The summed E-state index contributed by atoms with van der Waals surface area (Å²) in [6, 6.07) is 2.31. The summed E-state index contributed by atoms with van der Waals surface area (Å²) in [5.74, 6) is -1.06. The van der Waals surface area contributed by atoms with E-state index in [1.807, 2.05) is 0 Å². The molecule has 0 aromatic carbocycles. The SMILES string of the molecule is COC(=O)c1ccc(N2CC(O)CC2C(=O)O)nc1C. The van der Waals surface area contributed by atoms with Crippen molar-refractivity contribution in [1.82, 2.24) is 4.98 Å². The highest BCUT2D eigenvalue weighted by Crippen LogP contribution is 2.25. The summed E-state index contributed by atoms with van der Waals surface area (Å²) >= 11 is 0. The molecule has 1 aromatic heterocycles. The van der Waals surface area contributed by atoms with Gasteiger partial charge in [-0.3, -0.25) is 0 Å². The van der Waals surface area contributed by atoms with E-state index in [1.54, 1.807) is 19.1 Å². The van der Waals surface area contributed by atoms with E-state index in [-0.39, 0.29) is 13.0 Å². The molecule has 2 rings (SSSR count). The number of methoxy groups -OCH3 is 1. The Morgan fingerprint density at radius 2 is 2.15 bits per heavy atom. The molecule has 1 aliphatic rings. The summed E-state index contributed by atoms with van der Waals surface area (Å²) < 4.78 is 4.63. The maximum absolute atomic E-state index is 11.5. The van der Waals surface area contributed by atoms with Gasteiger partial charge in [0.2, 0.25) is 0 Å². The van der Waals surface area contributed by atoms with Gasteiger partial charge in [0.25, 0.3) is 0 Å². The number of anilines is 1. The number of carboxylic acid groups (broad SMARTS) is 1. The summed E-state index contributed by atoms with van der Waals surface area (Å²) in [6.07, 6.45) is -0.534. The second kappa shape index (κ2) is 5.46. The third-order valence-electron chi connectivity index (χ3n) is 3.33. The molecule has 2 N–H and O–H groups in total. The Balaban J connectivity index is 2.31. The molecule has 7 heteroatoms. The Kier molecular flexibility index (Phi) is 3.89. The lowest BCUT2D eigenvalue weighted by Gasteiger charge is -2.22. The van der Waals surface area contributed by atoms with E-state index in [1.165, 1.54) is 12.0 Å². The van der Waals surface area contributed by atoms with Crippen LogP contribution in [-0.4, -0.2) is 52.9 Å². The first-order valence-electron chi connectivity index (χ1n) is 6.17. The predicted molar refractivity (Wildman–Crippen MR) is 69.7 cm³/mol. The molecule has 1 fully saturated rings. The van der Waals surface area contributed by atoms with Crippen molar-refractivity contribution in [3.05, 3.63) is 23.4 Å². The molecule has 2 heterocycles. The number of esters is 1. The van der Waals surface area contributed by atoms with Crippen LogP contribution in [0.5, 0.6) is 0 Å². The van der Waals surface area contributed by atoms with Crippen LogP contribution in [-0.2, 0) is 9.53 Å². The van der Waals surface area contributed by atoms with Crippen molar-refractivity contribution in [3.8, 4) is 0 Å². The lowest BCUT2D eigenvalue weighted by molar-refractivity contribution is -0.138. The molecular formula is C13H16N2O5. The zero-order chi connectivity index (χ0) is 14.9. The Hall–Kier alpha value is -2.15. The van der Waals surface area contributed by atoms with Crippen LogP contribution in [0.15, 0.2) is 12.1 Å². The van der Waals surface area contributed by atoms with E-state index in [0.29, 0.717) is 17.1 Å². The number of hydrogen-bond donors (Lipinski definition) is 2. The van der Waals surface area contributed by atoms with Gasteiger partial charge in [-0.2, -0.15) is 0 Å². The van der Waals surface area contributed by atoms with Crippen LogP contribution in [0.4, 0.5) is 5.82 Å². The van der Waals surface area contributed by atoms with Crippen molar-refractivity contribution < 1.29 is 24.5 Å². The fraction of sp³-hybridized carbons (Fsp3) is 0.462. The summed E-state index contributed by atoms with van der Waals surface area (Å²) in [6.45, 7) is 1.86. The Morgan fingerprint density at radius 3 is 2.70 bits per heavy atom. The van der Waals surface area contributed by atoms with Crippen LogP contribution >= 0.6 is 0 Å². The van der Waals surface area contributed by atoms with Gasteiger partial charge >= 0.3 is 11.9 Å². The van der Waals surface area contributed by atoms with Crippen LogP contribution in [0.1, 0.15) is 22.5 Å². The molecule has 1 aromatic rings. The number of aliphatic hydroxyl groups is 1. The molecule has 108 valence electrons. The number of carbonyl (C=O) groups excluding carboxylic acids is 1. The van der Waals surface area contributed by atoms with Crippen molar-refractivity contribution in [2.45, 2.75) is 25.5 Å². The minimum Gasteiger partial charge on any atom is -0.480 e. The highest BCUT2D eigenvalue weighted by atomic mass is 16.5. The normalized spacial score (nSPS) is 21.9. The summed E-state index contributed by atoms with van der Waals surface area (Å²) in [4.78, 5) is 28.4. The van der Waals surface area contributed by atoms with Gasteiger partial charge < -0.3 is 19.8 Å². The number of rotatable bonds is 3. The maximum atomic E-state index is 11.5. The van der Waals surface area contributed by atoms with E-state index in [2.05, 4.69) is 9.72 Å². The quantitative estimate of drug-likeness (QED) is 0.763. The van der Waals surface area contributed by atoms with Crippen molar-refractivity contribution >= 4 is 17.8 Å². The number of nitrogens with zero attached hydrogens (tertiary/aromatic N) is 2. The number of aliphatic carboxylic acids is 1. The van der Waals surface area contributed by atoms with Crippen LogP contribution < -0.4 is 4.90 Å². The van der Waals surface area contributed by atoms with Gasteiger partial charge in [0.15, 0.2) is 0 Å². The number of ether oxygens (including phenoxy) is 1. The van der Waals surface area contributed by atoms with Crippen molar-refractivity contribution in [3.63, 3.8) is 0 Å². The van der Waals surface area contributed by atoms with Crippen molar-refractivity contribution in [2.24, 2.45) is 0 Å². The molecule has 1 saturated heterocycles. The number of carboxylic acids is 1. The summed E-state index contributed by atoms with van der Waals surface area (Å²) in [7, 11) is 1.28. The molecule has 1 aliphatic heterocycles. The molecule has 0 saturated carbocycles. The first-order valence-corrected chi connectivity index (χ1v) is 6.17. The van der Waals surface area contributed by atoms with Gasteiger partial charge in [0.05, 0.1) is 24.5 Å². The van der Waals surface area contributed by atoms with Crippen molar-refractivity contribution in [1.29, 1.82) is 0 Å². The summed E-state index contributed by atoms with van der Waals surface area (Å²) in [5.41, 5.74) is 0.794. The number of aryl methyl sites for hydroxylation is 1. The summed E-state index contributed by atoms with van der Waals surface area (Å²) in [5, 5.41) is 18.8. The van der Waals surface area contributed by atoms with Gasteiger partial charge in [-0.05, 0) is 19.1 Å². The Labute approximate surface area is 115 Å². The zero-order valence-electron chi connectivity index (χ0n) is 11.2. The molecule has 0 spiro atoms. The Bertz CT molecular complexity index is 546. The third kappa shape index (κ3) is 2.57. The minimum absolute atomic E-state index is 0.162. The monoisotopic (exact) mass is 280 g/mol. The fourth-order valence-electron chi connectivity index (χ4n) is 2.33. The number of aliphatic hydroxyl groups excluding tert-OH is 1. The van der Waals surface area contributed by atoms with Gasteiger partial charge in [0.1, 0.15) is 11.9 Å². The van der Waals surface area contributed by atoms with Crippen LogP contribution in [0.25, 0.3) is 0 Å². The zero-order valence-corrected chi connectivity index (χ0v) is 11.2. The number of pyridine rings is 1. The Morgan fingerprint density at radius 1 is 1.45 bits per heavy atom. The average molecular weight is 280 g/mol. The molecule has 0 radical (unpaired) electrons.